The van der Waals surface area contributed by atoms with Gasteiger partial charge in [0, 0.05) is 0 Å². The van der Waals surface area contributed by atoms with E-state index in [1.807, 2.05) is 12.1 Å². The van der Waals surface area contributed by atoms with Crippen LogP contribution in [-0.4, -0.2) is 38.0 Å². The van der Waals surface area contributed by atoms with Gasteiger partial charge in [-0.25, -0.2) is 0 Å². The summed E-state index contributed by atoms with van der Waals surface area (Å²) in [6, 6.07) is 7.37. The molecule has 0 saturated heterocycles. The molecule has 3 nitrogen and oxygen atoms in total. The molecule has 1 aromatic carbocycles. The molecule has 0 unspecified atom stereocenters. The predicted molar refractivity (Wildman–Crippen MR) is 128 cm³/mol. The number of hydrogen-bond donors (Lipinski definition) is 1. The molecule has 0 heterocycles. The molecule has 0 bridgehead atoms. The zero-order chi connectivity index (χ0) is 20.3. The Balaban J connectivity index is 0.00000784. The Morgan fingerprint density at radius 2 is 1.00 bits per heavy atom. The number of hydrogen-bond acceptors (Lipinski definition) is 3. The topological polar surface area (TPSA) is 43.4 Å². The van der Waals surface area contributed by atoms with Gasteiger partial charge in [0.2, 0.25) is 0 Å². The average molecular weight is 435 g/mol. The van der Waals surface area contributed by atoms with Crippen molar-refractivity contribution in [3.63, 3.8) is 0 Å². The summed E-state index contributed by atoms with van der Waals surface area (Å²) >= 11 is 0. The van der Waals surface area contributed by atoms with Crippen molar-refractivity contribution in [3.05, 3.63) is 29.8 Å². The van der Waals surface area contributed by atoms with E-state index < -0.39 is 11.0 Å². The second-order valence-corrected chi connectivity index (χ2v) is 8.64. The Kier molecular flexibility index (Phi) is 21.2. The van der Waals surface area contributed by atoms with E-state index in [0.29, 0.717) is 5.75 Å². The molecular weight excluding hydrogens is 391 g/mol. The molecule has 0 saturated carbocycles. The van der Waals surface area contributed by atoms with E-state index in [9.17, 15) is 8.42 Å². The fourth-order valence-electron chi connectivity index (χ4n) is 3.68. The summed E-state index contributed by atoms with van der Waals surface area (Å²) in [5.74, 6) is 0.395. The molecule has 29 heavy (non-hydrogen) atoms. The molecule has 0 aromatic heterocycles. The van der Waals surface area contributed by atoms with E-state index in [0.717, 1.165) is 6.42 Å². The van der Waals surface area contributed by atoms with Crippen LogP contribution in [0.4, 0.5) is 0 Å². The van der Waals surface area contributed by atoms with Gasteiger partial charge in [-0.2, -0.15) is 8.42 Å². The standard InChI is InChI=1S/C24H42O3S.Na.H/c1-2-3-4-5-6-7-8-9-10-11-12-13-14-15-16-17-18-23-19-21-24(22-20-23)27-28(25)26;;/h19-22,28H,2-18H2,1H3;;. The number of thiol groups is 1. The normalized spacial score (nSPS) is 10.8. The van der Waals surface area contributed by atoms with Crippen LogP contribution >= 0.6 is 0 Å². The quantitative estimate of drug-likeness (QED) is 0.149. The van der Waals surface area contributed by atoms with Gasteiger partial charge >= 0.3 is 29.6 Å². The summed E-state index contributed by atoms with van der Waals surface area (Å²) in [5, 5.41) is 0. The van der Waals surface area contributed by atoms with Gasteiger partial charge < -0.3 is 4.18 Å². The maximum absolute atomic E-state index is 10.5. The Hall–Kier alpha value is -0.0300. The van der Waals surface area contributed by atoms with Crippen molar-refractivity contribution in [1.82, 2.24) is 0 Å². The van der Waals surface area contributed by atoms with E-state index >= 15 is 0 Å². The van der Waals surface area contributed by atoms with E-state index in [2.05, 4.69) is 11.1 Å². The fraction of sp³-hybridized carbons (Fsp3) is 0.750. The molecule has 0 aliphatic carbocycles. The van der Waals surface area contributed by atoms with Gasteiger partial charge in [0.05, 0.1) is 0 Å². The van der Waals surface area contributed by atoms with Crippen LogP contribution in [0.15, 0.2) is 24.3 Å². The summed E-state index contributed by atoms with van der Waals surface area (Å²) in [6.07, 6.45) is 23.3. The first-order valence-corrected chi connectivity index (χ1v) is 12.7. The zero-order valence-electron chi connectivity index (χ0n) is 18.0. The Labute approximate surface area is 203 Å². The molecule has 0 fully saturated rings. The van der Waals surface area contributed by atoms with E-state index in [4.69, 9.17) is 0 Å². The van der Waals surface area contributed by atoms with Crippen LogP contribution in [0.25, 0.3) is 0 Å². The second-order valence-electron chi connectivity index (χ2n) is 8.01. The van der Waals surface area contributed by atoms with Crippen molar-refractivity contribution < 1.29 is 12.6 Å². The predicted octanol–water partition coefficient (Wildman–Crippen LogP) is 6.75. The second kappa shape index (κ2) is 21.2. The first kappa shape index (κ1) is 29.0. The fourth-order valence-corrected chi connectivity index (χ4v) is 3.97. The molecule has 5 heteroatoms. The van der Waals surface area contributed by atoms with Gasteiger partial charge in [-0.3, -0.25) is 0 Å². The SMILES string of the molecule is CCCCCCCCCCCCCCCCCCc1ccc(O[SH](=O)=O)cc1.[NaH]. The summed E-state index contributed by atoms with van der Waals surface area (Å²) < 4.78 is 25.7. The number of aryl methyl sites for hydroxylation is 1. The number of rotatable bonds is 19. The third-order valence-corrected chi connectivity index (χ3v) is 5.78. The van der Waals surface area contributed by atoms with Gasteiger partial charge in [-0.1, -0.05) is 115 Å². The summed E-state index contributed by atoms with van der Waals surface area (Å²) in [7, 11) is -2.82. The van der Waals surface area contributed by atoms with Gasteiger partial charge in [0.1, 0.15) is 5.75 Å². The van der Waals surface area contributed by atoms with Crippen LogP contribution in [0.2, 0.25) is 0 Å². The minimum atomic E-state index is -2.82. The third-order valence-electron chi connectivity index (χ3n) is 5.42. The molecule has 0 amide bonds. The Morgan fingerprint density at radius 1 is 0.621 bits per heavy atom. The molecule has 0 spiro atoms. The van der Waals surface area contributed by atoms with Crippen LogP contribution < -0.4 is 4.18 Å². The maximum atomic E-state index is 10.5. The number of unbranched alkanes of at least 4 members (excludes halogenated alkanes) is 15. The van der Waals surface area contributed by atoms with E-state index in [1.165, 1.54) is 108 Å². The van der Waals surface area contributed by atoms with Crippen LogP contribution in [0.3, 0.4) is 0 Å². The van der Waals surface area contributed by atoms with Gasteiger partial charge in [0.15, 0.2) is 0 Å². The summed E-state index contributed by atoms with van der Waals surface area (Å²) in [4.78, 5) is 0. The minimum absolute atomic E-state index is 0. The van der Waals surface area contributed by atoms with Crippen LogP contribution in [-0.2, 0) is 17.4 Å². The van der Waals surface area contributed by atoms with Crippen molar-refractivity contribution in [2.24, 2.45) is 0 Å². The van der Waals surface area contributed by atoms with E-state index in [1.54, 1.807) is 12.1 Å². The monoisotopic (exact) mass is 434 g/mol. The van der Waals surface area contributed by atoms with E-state index in [-0.39, 0.29) is 29.6 Å². The van der Waals surface area contributed by atoms with Crippen molar-refractivity contribution >= 4 is 40.5 Å². The summed E-state index contributed by atoms with van der Waals surface area (Å²) in [6.45, 7) is 2.28. The number of benzene rings is 1. The first-order chi connectivity index (χ1) is 13.7. The Bertz CT molecular complexity index is 536. The van der Waals surface area contributed by atoms with Crippen molar-refractivity contribution in [2.45, 2.75) is 116 Å². The molecule has 0 N–H and O–H groups in total. The molecule has 1 aromatic rings. The molecule has 0 aliphatic rings. The molecule has 1 rings (SSSR count). The molecule has 0 aliphatic heterocycles. The molecule has 0 radical (unpaired) electrons. The third kappa shape index (κ3) is 18.5. The van der Waals surface area contributed by atoms with Crippen molar-refractivity contribution in [2.75, 3.05) is 0 Å². The summed E-state index contributed by atoms with van der Waals surface area (Å²) in [5.41, 5.74) is 1.25. The molecule has 0 atom stereocenters. The van der Waals surface area contributed by atoms with Gasteiger partial charge in [-0.05, 0) is 30.5 Å². The van der Waals surface area contributed by atoms with Gasteiger partial charge in [-0.15, -0.1) is 0 Å². The van der Waals surface area contributed by atoms with Crippen LogP contribution in [0, 0.1) is 0 Å². The van der Waals surface area contributed by atoms with Gasteiger partial charge in [0.25, 0.3) is 11.0 Å². The van der Waals surface area contributed by atoms with Crippen LogP contribution in [0.5, 0.6) is 5.75 Å². The average Bonchev–Trinajstić information content (AvgIpc) is 2.68. The van der Waals surface area contributed by atoms with Crippen molar-refractivity contribution in [3.8, 4) is 5.75 Å². The zero-order valence-corrected chi connectivity index (χ0v) is 18.9. The van der Waals surface area contributed by atoms with Crippen LogP contribution in [0.1, 0.15) is 115 Å². The molecule has 164 valence electrons. The van der Waals surface area contributed by atoms with Crippen molar-refractivity contribution in [1.29, 1.82) is 0 Å². The molecular formula is C24H43NaO3S. The first-order valence-electron chi connectivity index (χ1n) is 11.6. The Morgan fingerprint density at radius 3 is 1.38 bits per heavy atom.